The van der Waals surface area contributed by atoms with Crippen molar-refractivity contribution in [3.05, 3.63) is 71.8 Å². The van der Waals surface area contributed by atoms with Gasteiger partial charge in [-0.3, -0.25) is 0 Å². The lowest BCUT2D eigenvalue weighted by atomic mass is 9.97. The molecule has 1 unspecified atom stereocenters. The Morgan fingerprint density at radius 3 is 2.10 bits per heavy atom. The van der Waals surface area contributed by atoms with Crippen molar-refractivity contribution in [1.82, 2.24) is 0 Å². The Kier molecular flexibility index (Phi) is 10.1. The van der Waals surface area contributed by atoms with Crippen molar-refractivity contribution < 1.29 is 56.6 Å². The van der Waals surface area contributed by atoms with Crippen molar-refractivity contribution in [3.63, 3.8) is 0 Å². The van der Waals surface area contributed by atoms with Gasteiger partial charge in [0.15, 0.2) is 44.9 Å². The highest BCUT2D eigenvalue weighted by Crippen LogP contribution is 2.46. The highest BCUT2D eigenvalue weighted by atomic mass is 28.4. The third kappa shape index (κ3) is 7.72. The number of fused-ring (bicyclic) bond motifs is 4. The fraction of sp³-hybridized carbons (Fsp3) is 0.658. The molecule has 5 fully saturated rings. The summed E-state index contributed by atoms with van der Waals surface area (Å²) >= 11 is 0. The largest absolute Gasteiger partial charge is 0.453 e. The molecule has 0 radical (unpaired) electrons. The van der Waals surface area contributed by atoms with Gasteiger partial charge in [0.05, 0.1) is 18.8 Å². The van der Waals surface area contributed by atoms with E-state index in [1.165, 1.54) is 0 Å². The SMILES string of the molecule is CC1(C)O[C@H]2[C@@H](O1)[C@@H](CO[C@H]1O[C@@H]3COC(c4ccccc4)O[C@H]3[C@H](OC(=O)c3ccccc3)[C@@H]1O[Si](C)(C)C(C)(C)C)O[C@@H]1OC(C)(C)O[C@@H]12. The lowest BCUT2D eigenvalue weighted by molar-refractivity contribution is -0.362. The van der Waals surface area contributed by atoms with E-state index >= 15 is 0 Å². The van der Waals surface area contributed by atoms with E-state index in [-0.39, 0.29) is 18.3 Å². The van der Waals surface area contributed by atoms with Crippen LogP contribution in [0.15, 0.2) is 60.7 Å². The van der Waals surface area contributed by atoms with E-state index in [9.17, 15) is 4.79 Å². The first-order valence-corrected chi connectivity index (χ1v) is 20.8. The summed E-state index contributed by atoms with van der Waals surface area (Å²) in [6.45, 7) is 18.4. The number of benzene rings is 2. The molecule has 280 valence electrons. The molecule has 0 N–H and O–H groups in total. The predicted octanol–water partition coefficient (Wildman–Crippen LogP) is 5.85. The molecule has 5 aliphatic rings. The Hall–Kier alpha value is -2.27. The molecule has 5 saturated heterocycles. The topological polar surface area (TPSA) is 119 Å². The van der Waals surface area contributed by atoms with Crippen LogP contribution in [-0.2, 0) is 51.8 Å². The Balaban J connectivity index is 1.20. The summed E-state index contributed by atoms with van der Waals surface area (Å²) in [6.07, 6.45) is -7.51. The summed E-state index contributed by atoms with van der Waals surface area (Å²) in [4.78, 5) is 13.8. The molecule has 2 aromatic rings. The van der Waals surface area contributed by atoms with Crippen molar-refractivity contribution in [3.8, 4) is 0 Å². The van der Waals surface area contributed by atoms with Crippen LogP contribution in [-0.4, -0.2) is 100 Å². The smallest absolute Gasteiger partial charge is 0.338 e. The summed E-state index contributed by atoms with van der Waals surface area (Å²) < 4.78 is 71.1. The molecule has 51 heavy (non-hydrogen) atoms. The molecular weight excluding hydrogens is 676 g/mol. The maximum atomic E-state index is 13.8. The molecule has 7 rings (SSSR count). The molecule has 0 aromatic heterocycles. The van der Waals surface area contributed by atoms with Crippen LogP contribution in [0.3, 0.4) is 0 Å². The second-order valence-corrected chi connectivity index (χ2v) is 21.1. The van der Waals surface area contributed by atoms with Crippen molar-refractivity contribution >= 4 is 14.3 Å². The van der Waals surface area contributed by atoms with Gasteiger partial charge in [-0.2, -0.15) is 0 Å². The average Bonchev–Trinajstić information content (AvgIpc) is 3.58. The van der Waals surface area contributed by atoms with Crippen LogP contribution in [0.25, 0.3) is 0 Å². The van der Waals surface area contributed by atoms with Crippen molar-refractivity contribution in [2.75, 3.05) is 13.2 Å². The first kappa shape index (κ1) is 37.1. The van der Waals surface area contributed by atoms with Gasteiger partial charge in [-0.1, -0.05) is 69.3 Å². The van der Waals surface area contributed by atoms with Gasteiger partial charge in [-0.05, 0) is 58.0 Å². The summed E-state index contributed by atoms with van der Waals surface area (Å²) in [5, 5.41) is -0.187. The molecule has 2 aromatic carbocycles. The lowest BCUT2D eigenvalue weighted by Crippen LogP contribution is -2.66. The van der Waals surface area contributed by atoms with Crippen LogP contribution >= 0.6 is 0 Å². The van der Waals surface area contributed by atoms with Crippen molar-refractivity contribution in [2.45, 2.75) is 146 Å². The third-order valence-corrected chi connectivity index (χ3v) is 15.0. The molecular formula is C38H52O12Si. The zero-order chi connectivity index (χ0) is 36.3. The maximum absolute atomic E-state index is 13.8. The average molecular weight is 729 g/mol. The summed E-state index contributed by atoms with van der Waals surface area (Å²) in [5.41, 5.74) is 1.25. The van der Waals surface area contributed by atoms with Gasteiger partial charge in [-0.15, -0.1) is 0 Å². The summed E-state index contributed by atoms with van der Waals surface area (Å²) in [5.74, 6) is -2.23. The number of carbonyl (C=O) groups excluding carboxylic acids is 1. The van der Waals surface area contributed by atoms with Crippen LogP contribution in [0.5, 0.6) is 0 Å². The Bertz CT molecular complexity index is 1510. The van der Waals surface area contributed by atoms with Gasteiger partial charge in [0, 0.05) is 5.56 Å². The first-order chi connectivity index (χ1) is 24.0. The number of hydrogen-bond donors (Lipinski definition) is 0. The van der Waals surface area contributed by atoms with E-state index < -0.39 is 93.6 Å². The lowest BCUT2D eigenvalue weighted by Gasteiger charge is -2.51. The molecule has 0 amide bonds. The Morgan fingerprint density at radius 1 is 0.784 bits per heavy atom. The molecule has 0 bridgehead atoms. The number of esters is 1. The minimum absolute atomic E-state index is 0.0424. The van der Waals surface area contributed by atoms with E-state index in [0.717, 1.165) is 5.56 Å². The monoisotopic (exact) mass is 728 g/mol. The standard InChI is InChI=1S/C38H52O12Si/c1-36(2,3)51(8,9)50-31-28(44-32(39)22-16-12-10-13-17-22)26-24(20-40-33(45-26)23-18-14-11-15-19-23)42-34(31)41-21-25-27-29(47-37(4,5)46-27)30-35(43-25)49-38(6,7)48-30/h10-19,24-31,33-35H,20-21H2,1-9H3/t24-,25-,26-,27+,28+,29+,30-,31+,33?,34+,35-/m1/s1. The van der Waals surface area contributed by atoms with Gasteiger partial charge in [0.1, 0.15) is 42.7 Å². The van der Waals surface area contributed by atoms with Crippen molar-refractivity contribution in [1.29, 1.82) is 0 Å². The quantitative estimate of drug-likeness (QED) is 0.240. The minimum Gasteiger partial charge on any atom is -0.453 e. The number of ether oxygens (including phenoxy) is 10. The normalized spacial score (nSPS) is 37.2. The Morgan fingerprint density at radius 2 is 1.41 bits per heavy atom. The fourth-order valence-electron chi connectivity index (χ4n) is 7.02. The molecule has 0 saturated carbocycles. The van der Waals surface area contributed by atoms with Gasteiger partial charge in [-0.25, -0.2) is 4.79 Å². The van der Waals surface area contributed by atoms with Crippen LogP contribution in [0, 0.1) is 0 Å². The molecule has 5 aliphatic heterocycles. The van der Waals surface area contributed by atoms with E-state index in [2.05, 4.69) is 33.9 Å². The highest BCUT2D eigenvalue weighted by Gasteiger charge is 2.61. The van der Waals surface area contributed by atoms with Crippen LogP contribution in [0.2, 0.25) is 18.1 Å². The van der Waals surface area contributed by atoms with E-state index in [0.29, 0.717) is 5.56 Å². The van der Waals surface area contributed by atoms with Gasteiger partial charge >= 0.3 is 5.97 Å². The maximum Gasteiger partial charge on any atom is 0.338 e. The van der Waals surface area contributed by atoms with Crippen LogP contribution in [0.1, 0.15) is 70.7 Å². The predicted molar refractivity (Wildman–Crippen MR) is 185 cm³/mol. The second kappa shape index (κ2) is 13.9. The number of hydrogen-bond acceptors (Lipinski definition) is 12. The highest BCUT2D eigenvalue weighted by molar-refractivity contribution is 6.74. The first-order valence-electron chi connectivity index (χ1n) is 17.9. The van der Waals surface area contributed by atoms with E-state index in [1.807, 2.05) is 64.1 Å². The van der Waals surface area contributed by atoms with Crippen molar-refractivity contribution in [2.24, 2.45) is 0 Å². The second-order valence-electron chi connectivity index (χ2n) is 16.3. The van der Waals surface area contributed by atoms with Gasteiger partial charge < -0.3 is 51.8 Å². The zero-order valence-electron chi connectivity index (χ0n) is 30.9. The molecule has 0 aliphatic carbocycles. The molecule has 12 nitrogen and oxygen atoms in total. The van der Waals surface area contributed by atoms with E-state index in [1.54, 1.807) is 24.3 Å². The summed E-state index contributed by atoms with van der Waals surface area (Å²) in [6, 6.07) is 18.6. The third-order valence-electron chi connectivity index (χ3n) is 10.5. The number of carbonyl (C=O) groups is 1. The molecule has 11 atom stereocenters. The molecule has 5 heterocycles. The van der Waals surface area contributed by atoms with Gasteiger partial charge in [0.25, 0.3) is 0 Å². The molecule has 13 heteroatoms. The molecule has 0 spiro atoms. The van der Waals surface area contributed by atoms with Crippen LogP contribution < -0.4 is 0 Å². The van der Waals surface area contributed by atoms with Crippen LogP contribution in [0.4, 0.5) is 0 Å². The van der Waals surface area contributed by atoms with Gasteiger partial charge in [0.2, 0.25) is 0 Å². The minimum atomic E-state index is -2.54. The number of rotatable bonds is 8. The fourth-order valence-corrected chi connectivity index (χ4v) is 8.30. The zero-order valence-corrected chi connectivity index (χ0v) is 31.9. The summed E-state index contributed by atoms with van der Waals surface area (Å²) in [7, 11) is -2.54. The Labute approximate surface area is 301 Å². The van der Waals surface area contributed by atoms with E-state index in [4.69, 9.17) is 51.8 Å².